The van der Waals surface area contributed by atoms with E-state index >= 15 is 0 Å². The summed E-state index contributed by atoms with van der Waals surface area (Å²) in [5.74, 6) is 0.939. The molecule has 12 heavy (non-hydrogen) atoms. The van der Waals surface area contributed by atoms with Crippen LogP contribution < -0.4 is 0 Å². The molecule has 0 aliphatic carbocycles. The summed E-state index contributed by atoms with van der Waals surface area (Å²) >= 11 is 5.44. The second kappa shape index (κ2) is 2.60. The number of nitrogens with zero attached hydrogens (tertiary/aromatic N) is 3. The molecule has 2 aromatic rings. The lowest BCUT2D eigenvalue weighted by atomic mass is 10.3. The van der Waals surface area contributed by atoms with Crippen LogP contribution >= 0.6 is 11.6 Å². The molecular formula is C6H4ClN3O2. The molecule has 0 spiro atoms. The van der Waals surface area contributed by atoms with Crippen molar-refractivity contribution in [1.29, 1.82) is 0 Å². The predicted octanol–water partition coefficient (Wildman–Crippen LogP) is 1.69. The molecule has 5 nitrogen and oxygen atoms in total. The van der Waals surface area contributed by atoms with E-state index in [9.17, 15) is 0 Å². The Morgan fingerprint density at radius 3 is 2.75 bits per heavy atom. The van der Waals surface area contributed by atoms with Gasteiger partial charge in [0.1, 0.15) is 11.3 Å². The molecule has 0 fully saturated rings. The number of rotatable bonds is 1. The monoisotopic (exact) mass is 185 g/mol. The first-order valence-electron chi connectivity index (χ1n) is 3.18. The van der Waals surface area contributed by atoms with Crippen LogP contribution in [0.4, 0.5) is 0 Å². The highest BCUT2D eigenvalue weighted by atomic mass is 35.5. The molecule has 0 radical (unpaired) electrons. The average molecular weight is 186 g/mol. The molecule has 0 unspecified atom stereocenters. The summed E-state index contributed by atoms with van der Waals surface area (Å²) in [6, 6.07) is 0. The molecule has 2 heterocycles. The number of halogens is 1. The van der Waals surface area contributed by atoms with E-state index < -0.39 is 0 Å². The van der Waals surface area contributed by atoms with E-state index in [1.54, 1.807) is 6.92 Å². The summed E-state index contributed by atoms with van der Waals surface area (Å²) in [7, 11) is 0. The molecule has 0 atom stereocenters. The van der Waals surface area contributed by atoms with Crippen LogP contribution in [-0.2, 0) is 0 Å². The highest BCUT2D eigenvalue weighted by molar-refractivity contribution is 6.27. The maximum Gasteiger partial charge on any atom is 0.313 e. The van der Waals surface area contributed by atoms with E-state index in [-0.39, 0.29) is 5.35 Å². The highest BCUT2D eigenvalue weighted by Gasteiger charge is 2.12. The van der Waals surface area contributed by atoms with Gasteiger partial charge in [0.25, 0.3) is 5.89 Å². The van der Waals surface area contributed by atoms with Crippen LogP contribution in [0.1, 0.15) is 5.76 Å². The van der Waals surface area contributed by atoms with Gasteiger partial charge in [0.2, 0.25) is 0 Å². The Morgan fingerprint density at radius 1 is 1.42 bits per heavy atom. The molecule has 62 valence electrons. The zero-order valence-electron chi connectivity index (χ0n) is 6.11. The summed E-state index contributed by atoms with van der Waals surface area (Å²) in [5.41, 5.74) is 0.661. The van der Waals surface area contributed by atoms with Crippen molar-refractivity contribution >= 4 is 11.6 Å². The van der Waals surface area contributed by atoms with Gasteiger partial charge in [-0.1, -0.05) is 10.3 Å². The molecule has 0 aliphatic heterocycles. The zero-order chi connectivity index (χ0) is 8.55. The lowest BCUT2D eigenvalue weighted by Crippen LogP contribution is -1.76. The van der Waals surface area contributed by atoms with Crippen LogP contribution in [-0.4, -0.2) is 15.4 Å². The van der Waals surface area contributed by atoms with Gasteiger partial charge in [0, 0.05) is 0 Å². The van der Waals surface area contributed by atoms with E-state index in [2.05, 4.69) is 15.4 Å². The zero-order valence-corrected chi connectivity index (χ0v) is 6.87. The SMILES string of the molecule is Cc1oncc1-c1nnc(Cl)o1. The van der Waals surface area contributed by atoms with E-state index in [0.29, 0.717) is 17.2 Å². The maximum atomic E-state index is 5.44. The molecule has 2 aromatic heterocycles. The van der Waals surface area contributed by atoms with Crippen molar-refractivity contribution in [2.45, 2.75) is 6.92 Å². The number of aryl methyl sites for hydroxylation is 1. The molecule has 0 N–H and O–H groups in total. The van der Waals surface area contributed by atoms with E-state index in [0.717, 1.165) is 0 Å². The van der Waals surface area contributed by atoms with Gasteiger partial charge in [-0.25, -0.2) is 0 Å². The minimum atomic E-state index is 0.00519. The van der Waals surface area contributed by atoms with Gasteiger partial charge in [0.15, 0.2) is 0 Å². The Bertz CT molecular complexity index is 395. The molecular weight excluding hydrogens is 182 g/mol. The molecule has 6 heteroatoms. The first kappa shape index (κ1) is 7.30. The second-order valence-electron chi connectivity index (χ2n) is 2.16. The summed E-state index contributed by atoms with van der Waals surface area (Å²) in [6.07, 6.45) is 1.50. The van der Waals surface area contributed by atoms with Crippen molar-refractivity contribution in [3.05, 3.63) is 17.3 Å². The van der Waals surface area contributed by atoms with Crippen molar-refractivity contribution in [2.24, 2.45) is 0 Å². The van der Waals surface area contributed by atoms with Crippen molar-refractivity contribution in [3.63, 3.8) is 0 Å². The fourth-order valence-electron chi connectivity index (χ4n) is 0.818. The Labute approximate surface area is 72.3 Å². The van der Waals surface area contributed by atoms with Crippen LogP contribution in [0.25, 0.3) is 11.5 Å². The third kappa shape index (κ3) is 1.08. The number of hydrogen-bond acceptors (Lipinski definition) is 5. The maximum absolute atomic E-state index is 5.44. The normalized spacial score (nSPS) is 10.5. The van der Waals surface area contributed by atoms with Crippen LogP contribution in [0.2, 0.25) is 5.35 Å². The lowest BCUT2D eigenvalue weighted by Gasteiger charge is -1.85. The topological polar surface area (TPSA) is 65.0 Å². The average Bonchev–Trinajstić information content (AvgIpc) is 2.58. The largest absolute Gasteiger partial charge is 0.407 e. The highest BCUT2D eigenvalue weighted by Crippen LogP contribution is 2.22. The standard InChI is InChI=1S/C6H4ClN3O2/c1-3-4(2-8-12-3)5-9-10-6(7)11-5/h2H,1H3. The Kier molecular flexibility index (Phi) is 1.58. The minimum absolute atomic E-state index is 0.00519. The summed E-state index contributed by atoms with van der Waals surface area (Å²) in [4.78, 5) is 0. The summed E-state index contributed by atoms with van der Waals surface area (Å²) < 4.78 is 9.76. The van der Waals surface area contributed by atoms with Crippen LogP contribution in [0.3, 0.4) is 0 Å². The second-order valence-corrected chi connectivity index (χ2v) is 2.48. The Balaban J connectivity index is 2.50. The molecule has 0 aliphatic rings. The van der Waals surface area contributed by atoms with Gasteiger partial charge in [-0.05, 0) is 18.5 Å². The minimum Gasteiger partial charge on any atom is -0.407 e. The van der Waals surface area contributed by atoms with E-state index in [1.807, 2.05) is 0 Å². The summed E-state index contributed by atoms with van der Waals surface area (Å²) in [6.45, 7) is 1.75. The Hall–Kier alpha value is -1.36. The summed E-state index contributed by atoms with van der Waals surface area (Å²) in [5, 5.41) is 10.7. The van der Waals surface area contributed by atoms with Gasteiger partial charge >= 0.3 is 5.35 Å². The fraction of sp³-hybridized carbons (Fsp3) is 0.167. The first-order valence-corrected chi connectivity index (χ1v) is 3.56. The third-order valence-electron chi connectivity index (χ3n) is 1.38. The molecule has 0 aromatic carbocycles. The van der Waals surface area contributed by atoms with Crippen LogP contribution in [0.5, 0.6) is 0 Å². The molecule has 2 rings (SSSR count). The van der Waals surface area contributed by atoms with Gasteiger partial charge in [-0.2, -0.15) is 0 Å². The molecule has 0 bridgehead atoms. The van der Waals surface area contributed by atoms with Crippen molar-refractivity contribution in [2.75, 3.05) is 0 Å². The first-order chi connectivity index (χ1) is 5.77. The van der Waals surface area contributed by atoms with Crippen molar-refractivity contribution in [1.82, 2.24) is 15.4 Å². The van der Waals surface area contributed by atoms with Crippen LogP contribution in [0.15, 0.2) is 15.1 Å². The quantitative estimate of drug-likeness (QED) is 0.676. The fourth-order valence-corrected chi connectivity index (χ4v) is 0.929. The predicted molar refractivity (Wildman–Crippen MR) is 39.5 cm³/mol. The number of hydrogen-bond donors (Lipinski definition) is 0. The van der Waals surface area contributed by atoms with Gasteiger partial charge in [-0.15, -0.1) is 5.10 Å². The van der Waals surface area contributed by atoms with Crippen LogP contribution in [0, 0.1) is 6.92 Å². The number of aromatic nitrogens is 3. The van der Waals surface area contributed by atoms with Crippen molar-refractivity contribution in [3.8, 4) is 11.5 Å². The third-order valence-corrected chi connectivity index (χ3v) is 1.53. The smallest absolute Gasteiger partial charge is 0.313 e. The van der Waals surface area contributed by atoms with Crippen molar-refractivity contribution < 1.29 is 8.94 Å². The Morgan fingerprint density at radius 2 is 2.25 bits per heavy atom. The molecule has 0 saturated carbocycles. The molecule has 0 saturated heterocycles. The molecule has 0 amide bonds. The van der Waals surface area contributed by atoms with Gasteiger partial charge < -0.3 is 8.94 Å². The lowest BCUT2D eigenvalue weighted by molar-refractivity contribution is 0.397. The van der Waals surface area contributed by atoms with Gasteiger partial charge in [0.05, 0.1) is 6.20 Å². The van der Waals surface area contributed by atoms with Gasteiger partial charge in [-0.3, -0.25) is 0 Å². The van der Waals surface area contributed by atoms with E-state index in [1.165, 1.54) is 6.20 Å². The van der Waals surface area contributed by atoms with E-state index in [4.69, 9.17) is 20.5 Å².